The van der Waals surface area contributed by atoms with Crippen molar-refractivity contribution in [3.63, 3.8) is 0 Å². The Bertz CT molecular complexity index is 468. The largest absolute Gasteiger partial charge is 0.467 e. The van der Waals surface area contributed by atoms with Crippen molar-refractivity contribution in [3.8, 4) is 0 Å². The van der Waals surface area contributed by atoms with Crippen LogP contribution >= 0.6 is 0 Å². The third kappa shape index (κ3) is 5.69. The van der Waals surface area contributed by atoms with Crippen LogP contribution in [0.4, 0.5) is 0 Å². The summed E-state index contributed by atoms with van der Waals surface area (Å²) < 4.78 is 4.68. The van der Waals surface area contributed by atoms with Crippen molar-refractivity contribution in [1.82, 2.24) is 5.32 Å². The first-order valence-corrected chi connectivity index (χ1v) is 6.58. The summed E-state index contributed by atoms with van der Waals surface area (Å²) in [6.07, 6.45) is 1.38. The minimum absolute atomic E-state index is 0.162. The number of methoxy groups -OCH3 is 1. The van der Waals surface area contributed by atoms with Gasteiger partial charge in [0.1, 0.15) is 6.04 Å². The normalized spacial score (nSPS) is 11.5. The highest BCUT2D eigenvalue weighted by molar-refractivity contribution is 5.84. The molecule has 0 bridgehead atoms. The lowest BCUT2D eigenvalue weighted by Crippen LogP contribution is -2.41. The molecule has 1 atom stereocenters. The maximum atomic E-state index is 11.9. The summed E-state index contributed by atoms with van der Waals surface area (Å²) in [6.45, 7) is 5.56. The van der Waals surface area contributed by atoms with Gasteiger partial charge in [0.2, 0.25) is 5.91 Å². The molecule has 0 aromatic heterocycles. The summed E-state index contributed by atoms with van der Waals surface area (Å²) in [5.74, 6) is -0.605. The zero-order valence-electron chi connectivity index (χ0n) is 12.0. The summed E-state index contributed by atoms with van der Waals surface area (Å²) >= 11 is 0. The molecule has 0 aliphatic rings. The van der Waals surface area contributed by atoms with Crippen molar-refractivity contribution in [2.24, 2.45) is 0 Å². The molecule has 108 valence electrons. The van der Waals surface area contributed by atoms with E-state index in [0.717, 1.165) is 11.1 Å². The summed E-state index contributed by atoms with van der Waals surface area (Å²) in [4.78, 5) is 23.5. The molecule has 1 aromatic rings. The Hall–Kier alpha value is -2.10. The van der Waals surface area contributed by atoms with Crippen LogP contribution in [0.3, 0.4) is 0 Å². The lowest BCUT2D eigenvalue weighted by atomic mass is 10.1. The van der Waals surface area contributed by atoms with Crippen molar-refractivity contribution in [3.05, 3.63) is 48.0 Å². The summed E-state index contributed by atoms with van der Waals surface area (Å²) in [5.41, 5.74) is 1.92. The van der Waals surface area contributed by atoms with Crippen LogP contribution in [0.2, 0.25) is 0 Å². The van der Waals surface area contributed by atoms with E-state index < -0.39 is 12.0 Å². The maximum Gasteiger partial charge on any atom is 0.328 e. The molecule has 0 aliphatic carbocycles. The minimum Gasteiger partial charge on any atom is -0.467 e. The van der Waals surface area contributed by atoms with Crippen LogP contribution < -0.4 is 5.32 Å². The molecule has 0 spiro atoms. The van der Waals surface area contributed by atoms with Gasteiger partial charge in [0, 0.05) is 6.42 Å². The van der Waals surface area contributed by atoms with Crippen molar-refractivity contribution in [2.75, 3.05) is 7.11 Å². The van der Waals surface area contributed by atoms with Gasteiger partial charge in [-0.1, -0.05) is 35.9 Å². The number of carbonyl (C=O) groups is 2. The summed E-state index contributed by atoms with van der Waals surface area (Å²) in [7, 11) is 1.31. The second kappa shape index (κ2) is 8.15. The van der Waals surface area contributed by atoms with E-state index in [4.69, 9.17) is 0 Å². The molecule has 1 aromatic carbocycles. The van der Waals surface area contributed by atoms with Crippen LogP contribution in [0.5, 0.6) is 0 Å². The number of nitrogens with one attached hydrogen (secondary N) is 1. The number of carbonyl (C=O) groups excluding carboxylic acids is 2. The smallest absolute Gasteiger partial charge is 0.328 e. The number of esters is 1. The SMILES string of the molecule is C=C(C)C[C@H](NC(=O)CCc1ccccc1)C(=O)OC. The van der Waals surface area contributed by atoms with Crippen LogP contribution in [0.15, 0.2) is 42.5 Å². The fourth-order valence-corrected chi connectivity index (χ4v) is 1.85. The average molecular weight is 275 g/mol. The Kier molecular flexibility index (Phi) is 6.50. The number of ether oxygens (including phenoxy) is 1. The molecule has 20 heavy (non-hydrogen) atoms. The number of benzene rings is 1. The number of amides is 1. The molecule has 1 amide bonds. The van der Waals surface area contributed by atoms with Crippen LogP contribution in [0, 0.1) is 0 Å². The maximum absolute atomic E-state index is 11.9. The minimum atomic E-state index is -0.652. The molecule has 0 fully saturated rings. The molecule has 4 heteroatoms. The molecule has 0 heterocycles. The zero-order chi connectivity index (χ0) is 15.0. The van der Waals surface area contributed by atoms with E-state index in [2.05, 4.69) is 16.6 Å². The first-order chi connectivity index (χ1) is 9.52. The second-order valence-corrected chi connectivity index (χ2v) is 4.79. The molecule has 1 rings (SSSR count). The number of aryl methyl sites for hydroxylation is 1. The van der Waals surface area contributed by atoms with Gasteiger partial charge in [-0.15, -0.1) is 6.58 Å². The van der Waals surface area contributed by atoms with Crippen LogP contribution in [-0.2, 0) is 20.7 Å². The zero-order valence-corrected chi connectivity index (χ0v) is 12.0. The molecule has 0 unspecified atom stereocenters. The van der Waals surface area contributed by atoms with Crippen molar-refractivity contribution >= 4 is 11.9 Å². The summed E-state index contributed by atoms with van der Waals surface area (Å²) in [6, 6.07) is 9.10. The second-order valence-electron chi connectivity index (χ2n) is 4.79. The van der Waals surface area contributed by atoms with Crippen LogP contribution in [-0.4, -0.2) is 25.0 Å². The Morgan fingerprint density at radius 2 is 1.95 bits per heavy atom. The highest BCUT2D eigenvalue weighted by Crippen LogP contribution is 2.06. The van der Waals surface area contributed by atoms with E-state index in [1.165, 1.54) is 7.11 Å². The molecule has 0 saturated heterocycles. The van der Waals surface area contributed by atoms with E-state index >= 15 is 0 Å². The van der Waals surface area contributed by atoms with Crippen LogP contribution in [0.1, 0.15) is 25.3 Å². The first kappa shape index (κ1) is 16.0. The van der Waals surface area contributed by atoms with Crippen molar-refractivity contribution in [1.29, 1.82) is 0 Å². The molecular formula is C16H21NO3. The fourth-order valence-electron chi connectivity index (χ4n) is 1.85. The van der Waals surface area contributed by atoms with Gasteiger partial charge < -0.3 is 10.1 Å². The standard InChI is InChI=1S/C16H21NO3/c1-12(2)11-14(16(19)20-3)17-15(18)10-9-13-7-5-4-6-8-13/h4-8,14H,1,9-11H2,2-3H3,(H,17,18)/t14-/m0/s1. The van der Waals surface area contributed by atoms with Gasteiger partial charge in [-0.3, -0.25) is 4.79 Å². The van der Waals surface area contributed by atoms with Gasteiger partial charge in [0.05, 0.1) is 7.11 Å². The van der Waals surface area contributed by atoms with E-state index in [0.29, 0.717) is 19.3 Å². The monoisotopic (exact) mass is 275 g/mol. The summed E-state index contributed by atoms with van der Waals surface area (Å²) in [5, 5.41) is 2.69. The van der Waals surface area contributed by atoms with Gasteiger partial charge in [-0.05, 0) is 25.3 Å². The molecule has 1 N–H and O–H groups in total. The lowest BCUT2D eigenvalue weighted by Gasteiger charge is -2.16. The highest BCUT2D eigenvalue weighted by Gasteiger charge is 2.21. The number of hydrogen-bond donors (Lipinski definition) is 1. The van der Waals surface area contributed by atoms with E-state index in [1.807, 2.05) is 37.3 Å². The fraction of sp³-hybridized carbons (Fsp3) is 0.375. The number of rotatable bonds is 7. The third-order valence-electron chi connectivity index (χ3n) is 2.86. The molecule has 0 radical (unpaired) electrons. The van der Waals surface area contributed by atoms with Crippen molar-refractivity contribution in [2.45, 2.75) is 32.2 Å². The molecule has 0 aliphatic heterocycles. The predicted molar refractivity (Wildman–Crippen MR) is 78.1 cm³/mol. The Labute approximate surface area is 119 Å². The third-order valence-corrected chi connectivity index (χ3v) is 2.86. The molecule has 0 saturated carbocycles. The Morgan fingerprint density at radius 3 is 2.50 bits per heavy atom. The average Bonchev–Trinajstić information content (AvgIpc) is 2.44. The Balaban J connectivity index is 2.49. The van der Waals surface area contributed by atoms with Crippen molar-refractivity contribution < 1.29 is 14.3 Å². The Morgan fingerprint density at radius 1 is 1.30 bits per heavy atom. The molecular weight excluding hydrogens is 254 g/mol. The van der Waals surface area contributed by atoms with Gasteiger partial charge in [0.25, 0.3) is 0 Å². The molecule has 4 nitrogen and oxygen atoms in total. The predicted octanol–water partition coefficient (Wildman–Crippen LogP) is 2.24. The lowest BCUT2D eigenvalue weighted by molar-refractivity contribution is -0.145. The van der Waals surface area contributed by atoms with Crippen LogP contribution in [0.25, 0.3) is 0 Å². The van der Waals surface area contributed by atoms with E-state index in [1.54, 1.807) is 0 Å². The number of hydrogen-bond acceptors (Lipinski definition) is 3. The topological polar surface area (TPSA) is 55.4 Å². The first-order valence-electron chi connectivity index (χ1n) is 6.58. The van der Waals surface area contributed by atoms with E-state index in [9.17, 15) is 9.59 Å². The van der Waals surface area contributed by atoms with Gasteiger partial charge in [-0.2, -0.15) is 0 Å². The highest BCUT2D eigenvalue weighted by atomic mass is 16.5. The van der Waals surface area contributed by atoms with Gasteiger partial charge in [0.15, 0.2) is 0 Å². The van der Waals surface area contributed by atoms with E-state index in [-0.39, 0.29) is 5.91 Å². The quantitative estimate of drug-likeness (QED) is 0.613. The van der Waals surface area contributed by atoms with Gasteiger partial charge in [-0.25, -0.2) is 4.79 Å². The van der Waals surface area contributed by atoms with Gasteiger partial charge >= 0.3 is 5.97 Å².